The molecular formula is C23H36O. The molecule has 0 bridgehead atoms. The molecule has 0 unspecified atom stereocenters. The minimum atomic E-state index is 0.182. The van der Waals surface area contributed by atoms with E-state index in [4.69, 9.17) is 4.74 Å². The van der Waals surface area contributed by atoms with Crippen molar-refractivity contribution in [3.63, 3.8) is 0 Å². The number of para-hydroxylation sites is 1. The average molecular weight is 329 g/mol. The van der Waals surface area contributed by atoms with Gasteiger partial charge in [-0.25, -0.2) is 0 Å². The Labute approximate surface area is 149 Å². The van der Waals surface area contributed by atoms with Gasteiger partial charge in [0.1, 0.15) is 5.75 Å². The van der Waals surface area contributed by atoms with Gasteiger partial charge in [-0.1, -0.05) is 71.9 Å². The first-order valence-corrected chi connectivity index (χ1v) is 9.34. The van der Waals surface area contributed by atoms with Gasteiger partial charge in [0.15, 0.2) is 0 Å². The molecule has 0 N–H and O–H groups in total. The van der Waals surface area contributed by atoms with Crippen LogP contribution in [-0.2, 0) is 0 Å². The summed E-state index contributed by atoms with van der Waals surface area (Å²) in [6, 6.07) is 10.1. The van der Waals surface area contributed by atoms with E-state index in [2.05, 4.69) is 60.6 Å². The predicted octanol–water partition coefficient (Wildman–Crippen LogP) is 7.20. The molecule has 1 rings (SSSR count). The Morgan fingerprint density at radius 2 is 1.46 bits per heavy atom. The monoisotopic (exact) mass is 328 g/mol. The average Bonchev–Trinajstić information content (AvgIpc) is 2.58. The summed E-state index contributed by atoms with van der Waals surface area (Å²) < 4.78 is 5.86. The van der Waals surface area contributed by atoms with E-state index in [0.29, 0.717) is 0 Å². The molecule has 0 fully saturated rings. The lowest BCUT2D eigenvalue weighted by Gasteiger charge is -2.36. The minimum absolute atomic E-state index is 0.182. The molecular weight excluding hydrogens is 292 g/mol. The first-order chi connectivity index (χ1) is 11.3. The maximum atomic E-state index is 5.86. The van der Waals surface area contributed by atoms with Crippen LogP contribution in [-0.4, -0.2) is 6.61 Å². The van der Waals surface area contributed by atoms with Crippen molar-refractivity contribution < 1.29 is 4.74 Å². The maximum absolute atomic E-state index is 5.86. The quantitative estimate of drug-likeness (QED) is 0.344. The van der Waals surface area contributed by atoms with Crippen molar-refractivity contribution in [2.45, 2.75) is 67.7 Å². The van der Waals surface area contributed by atoms with Gasteiger partial charge < -0.3 is 4.74 Å². The summed E-state index contributed by atoms with van der Waals surface area (Å²) in [5.74, 6) is 0.947. The minimum Gasteiger partial charge on any atom is -0.493 e. The molecule has 0 amide bonds. The van der Waals surface area contributed by atoms with Crippen LogP contribution in [0.3, 0.4) is 0 Å². The number of hydrogen-bond donors (Lipinski definition) is 0. The number of ether oxygens (including phenoxy) is 1. The van der Waals surface area contributed by atoms with Gasteiger partial charge in [-0.2, -0.15) is 0 Å². The SMILES string of the molecule is C/C=C(\C(=C/CCOc1ccccc1)C(C)(C)CC)C(C)(C)CC. The fourth-order valence-electron chi connectivity index (χ4n) is 2.94. The Bertz CT molecular complexity index is 547. The predicted molar refractivity (Wildman–Crippen MR) is 107 cm³/mol. The van der Waals surface area contributed by atoms with Crippen molar-refractivity contribution >= 4 is 0 Å². The molecule has 0 saturated carbocycles. The summed E-state index contributed by atoms with van der Waals surface area (Å²) in [5, 5.41) is 0. The summed E-state index contributed by atoms with van der Waals surface area (Å²) in [6.45, 7) is 16.9. The second kappa shape index (κ2) is 9.11. The zero-order valence-corrected chi connectivity index (χ0v) is 16.8. The van der Waals surface area contributed by atoms with Crippen molar-refractivity contribution in [1.82, 2.24) is 0 Å². The molecule has 0 aromatic heterocycles. The van der Waals surface area contributed by atoms with Crippen LogP contribution in [0.5, 0.6) is 5.75 Å². The first-order valence-electron chi connectivity index (χ1n) is 9.34. The fraction of sp³-hybridized carbons (Fsp3) is 0.565. The molecule has 24 heavy (non-hydrogen) atoms. The van der Waals surface area contributed by atoms with Crippen LogP contribution < -0.4 is 4.74 Å². The van der Waals surface area contributed by atoms with Crippen molar-refractivity contribution in [1.29, 1.82) is 0 Å². The third-order valence-electron chi connectivity index (χ3n) is 5.28. The summed E-state index contributed by atoms with van der Waals surface area (Å²) >= 11 is 0. The van der Waals surface area contributed by atoms with E-state index in [1.54, 1.807) is 0 Å². The van der Waals surface area contributed by atoms with Gasteiger partial charge in [0, 0.05) is 6.42 Å². The zero-order chi connectivity index (χ0) is 18.2. The van der Waals surface area contributed by atoms with E-state index >= 15 is 0 Å². The van der Waals surface area contributed by atoms with Crippen molar-refractivity contribution in [3.8, 4) is 5.75 Å². The van der Waals surface area contributed by atoms with Crippen LogP contribution in [0.1, 0.15) is 67.7 Å². The Balaban J connectivity index is 2.94. The number of hydrogen-bond acceptors (Lipinski definition) is 1. The fourth-order valence-corrected chi connectivity index (χ4v) is 2.94. The highest BCUT2D eigenvalue weighted by atomic mass is 16.5. The molecule has 1 heteroatoms. The second-order valence-corrected chi connectivity index (χ2v) is 7.75. The smallest absolute Gasteiger partial charge is 0.119 e. The standard InChI is InChI=1S/C23H36O/c1-8-20(22(4,5)9-2)21(23(6,7)10-3)17-14-18-24-19-15-12-11-13-16-19/h8,11-13,15-17H,9-10,14,18H2,1-7H3/b20-8+,21-17+. The third-order valence-corrected chi connectivity index (χ3v) is 5.28. The molecule has 0 heterocycles. The molecule has 0 saturated heterocycles. The highest BCUT2D eigenvalue weighted by Gasteiger charge is 2.31. The Morgan fingerprint density at radius 1 is 0.917 bits per heavy atom. The van der Waals surface area contributed by atoms with Gasteiger partial charge in [-0.15, -0.1) is 0 Å². The van der Waals surface area contributed by atoms with Crippen molar-refractivity contribution in [3.05, 3.63) is 53.6 Å². The Hall–Kier alpha value is -1.50. The number of rotatable bonds is 9. The van der Waals surface area contributed by atoms with Gasteiger partial charge >= 0.3 is 0 Å². The lowest BCUT2D eigenvalue weighted by atomic mass is 9.68. The highest BCUT2D eigenvalue weighted by molar-refractivity contribution is 5.39. The highest BCUT2D eigenvalue weighted by Crippen LogP contribution is 2.44. The van der Waals surface area contributed by atoms with Gasteiger partial charge in [-0.3, -0.25) is 0 Å². The summed E-state index contributed by atoms with van der Waals surface area (Å²) in [6.07, 6.45) is 7.93. The summed E-state index contributed by atoms with van der Waals surface area (Å²) in [4.78, 5) is 0. The normalized spacial score (nSPS) is 14.0. The summed E-state index contributed by atoms with van der Waals surface area (Å²) in [7, 11) is 0. The van der Waals surface area contributed by atoms with Gasteiger partial charge in [0.25, 0.3) is 0 Å². The Kier molecular flexibility index (Phi) is 7.79. The first kappa shape index (κ1) is 20.5. The van der Waals surface area contributed by atoms with Crippen molar-refractivity contribution in [2.75, 3.05) is 6.61 Å². The van der Waals surface area contributed by atoms with Crippen LogP contribution in [0, 0.1) is 10.8 Å². The van der Waals surface area contributed by atoms with E-state index in [-0.39, 0.29) is 10.8 Å². The molecule has 0 aliphatic carbocycles. The maximum Gasteiger partial charge on any atom is 0.119 e. The zero-order valence-electron chi connectivity index (χ0n) is 16.8. The largest absolute Gasteiger partial charge is 0.493 e. The van der Waals surface area contributed by atoms with Gasteiger partial charge in [0.2, 0.25) is 0 Å². The van der Waals surface area contributed by atoms with E-state index in [1.807, 2.05) is 30.3 Å². The molecule has 1 nitrogen and oxygen atoms in total. The summed E-state index contributed by atoms with van der Waals surface area (Å²) in [5.41, 5.74) is 3.35. The molecule has 0 aliphatic rings. The van der Waals surface area contributed by atoms with Gasteiger partial charge in [0.05, 0.1) is 6.61 Å². The lowest BCUT2D eigenvalue weighted by molar-refractivity contribution is 0.322. The lowest BCUT2D eigenvalue weighted by Crippen LogP contribution is -2.24. The number of benzene rings is 1. The van der Waals surface area contributed by atoms with E-state index < -0.39 is 0 Å². The third kappa shape index (κ3) is 5.54. The topological polar surface area (TPSA) is 9.23 Å². The van der Waals surface area contributed by atoms with Crippen LogP contribution in [0.25, 0.3) is 0 Å². The van der Waals surface area contributed by atoms with Crippen LogP contribution in [0.4, 0.5) is 0 Å². The van der Waals surface area contributed by atoms with Crippen molar-refractivity contribution in [2.24, 2.45) is 10.8 Å². The van der Waals surface area contributed by atoms with Crippen LogP contribution in [0.2, 0.25) is 0 Å². The molecule has 1 aromatic carbocycles. The molecule has 134 valence electrons. The van der Waals surface area contributed by atoms with E-state index in [9.17, 15) is 0 Å². The molecule has 0 radical (unpaired) electrons. The molecule has 1 aromatic rings. The molecule has 0 atom stereocenters. The molecule has 0 aliphatic heterocycles. The van der Waals surface area contributed by atoms with Gasteiger partial charge in [-0.05, 0) is 53.9 Å². The Morgan fingerprint density at radius 3 is 1.96 bits per heavy atom. The van der Waals surface area contributed by atoms with Crippen LogP contribution in [0.15, 0.2) is 53.6 Å². The van der Waals surface area contributed by atoms with E-state index in [0.717, 1.165) is 31.6 Å². The van der Waals surface area contributed by atoms with E-state index in [1.165, 1.54) is 11.1 Å². The second-order valence-electron chi connectivity index (χ2n) is 7.75. The van der Waals surface area contributed by atoms with Crippen LogP contribution >= 0.6 is 0 Å². The number of allylic oxidation sites excluding steroid dienone is 3. The molecule has 0 spiro atoms.